The SMILES string of the molecule is CNCC(O)C(O)c1ccc(Cl)c(N)c1. The summed E-state index contributed by atoms with van der Waals surface area (Å²) in [5.41, 5.74) is 6.54. The highest BCUT2D eigenvalue weighted by molar-refractivity contribution is 6.33. The number of benzene rings is 1. The second-order valence-electron chi connectivity index (χ2n) is 3.35. The van der Waals surface area contributed by atoms with E-state index in [0.717, 1.165) is 0 Å². The fourth-order valence-electron chi connectivity index (χ4n) is 1.29. The second-order valence-corrected chi connectivity index (χ2v) is 3.76. The molecule has 0 amide bonds. The second kappa shape index (κ2) is 5.32. The average molecular weight is 231 g/mol. The van der Waals surface area contributed by atoms with E-state index in [4.69, 9.17) is 17.3 Å². The van der Waals surface area contributed by atoms with Crippen molar-refractivity contribution < 1.29 is 10.2 Å². The summed E-state index contributed by atoms with van der Waals surface area (Å²) < 4.78 is 0. The minimum absolute atomic E-state index is 0.309. The maximum absolute atomic E-state index is 9.75. The zero-order valence-corrected chi connectivity index (χ0v) is 9.20. The van der Waals surface area contributed by atoms with E-state index in [-0.39, 0.29) is 0 Å². The summed E-state index contributed by atoms with van der Waals surface area (Å²) in [6, 6.07) is 4.80. The first-order valence-electron chi connectivity index (χ1n) is 4.62. The third kappa shape index (κ3) is 3.07. The Hall–Kier alpha value is -0.810. The molecule has 0 aliphatic carbocycles. The van der Waals surface area contributed by atoms with Gasteiger partial charge in [-0.2, -0.15) is 0 Å². The third-order valence-corrected chi connectivity index (χ3v) is 2.48. The summed E-state index contributed by atoms with van der Waals surface area (Å²) in [5.74, 6) is 0. The van der Waals surface area contributed by atoms with Crippen LogP contribution in [0.4, 0.5) is 5.69 Å². The van der Waals surface area contributed by atoms with Gasteiger partial charge in [0.2, 0.25) is 0 Å². The molecule has 0 heterocycles. The van der Waals surface area contributed by atoms with Gasteiger partial charge in [-0.3, -0.25) is 0 Å². The first-order chi connectivity index (χ1) is 7.06. The number of rotatable bonds is 4. The normalized spacial score (nSPS) is 14.9. The number of hydrogen-bond acceptors (Lipinski definition) is 4. The monoisotopic (exact) mass is 230 g/mol. The summed E-state index contributed by atoms with van der Waals surface area (Å²) in [5, 5.41) is 22.5. The smallest absolute Gasteiger partial charge is 0.106 e. The number of aliphatic hydroxyl groups excluding tert-OH is 2. The van der Waals surface area contributed by atoms with Crippen LogP contribution in [-0.4, -0.2) is 29.9 Å². The predicted molar refractivity (Wildman–Crippen MR) is 60.8 cm³/mol. The van der Waals surface area contributed by atoms with E-state index >= 15 is 0 Å². The van der Waals surface area contributed by atoms with Gasteiger partial charge in [-0.25, -0.2) is 0 Å². The van der Waals surface area contributed by atoms with E-state index in [2.05, 4.69) is 5.32 Å². The van der Waals surface area contributed by atoms with Crippen molar-refractivity contribution in [3.63, 3.8) is 0 Å². The van der Waals surface area contributed by atoms with Gasteiger partial charge in [-0.1, -0.05) is 17.7 Å². The molecule has 0 spiro atoms. The van der Waals surface area contributed by atoms with Gasteiger partial charge in [0.25, 0.3) is 0 Å². The molecule has 1 rings (SSSR count). The molecular weight excluding hydrogens is 216 g/mol. The molecule has 0 aromatic heterocycles. The van der Waals surface area contributed by atoms with Gasteiger partial charge in [-0.15, -0.1) is 0 Å². The van der Waals surface area contributed by atoms with Crippen LogP contribution in [0.15, 0.2) is 18.2 Å². The van der Waals surface area contributed by atoms with Gasteiger partial charge in [0, 0.05) is 6.54 Å². The fraction of sp³-hybridized carbons (Fsp3) is 0.400. The van der Waals surface area contributed by atoms with Crippen molar-refractivity contribution in [2.45, 2.75) is 12.2 Å². The molecule has 0 aliphatic rings. The minimum atomic E-state index is -0.961. The molecule has 2 unspecified atom stereocenters. The highest BCUT2D eigenvalue weighted by Crippen LogP contribution is 2.24. The van der Waals surface area contributed by atoms with Gasteiger partial charge in [0.15, 0.2) is 0 Å². The van der Waals surface area contributed by atoms with Crippen molar-refractivity contribution in [3.8, 4) is 0 Å². The Bertz CT molecular complexity index is 333. The number of nitrogens with one attached hydrogen (secondary N) is 1. The van der Waals surface area contributed by atoms with E-state index in [1.54, 1.807) is 25.2 Å². The molecule has 0 saturated heterocycles. The molecule has 0 radical (unpaired) electrons. The van der Waals surface area contributed by atoms with Crippen molar-refractivity contribution in [2.24, 2.45) is 0 Å². The summed E-state index contributed by atoms with van der Waals surface area (Å²) in [4.78, 5) is 0. The van der Waals surface area contributed by atoms with Gasteiger partial charge in [0.1, 0.15) is 6.10 Å². The molecule has 15 heavy (non-hydrogen) atoms. The van der Waals surface area contributed by atoms with Crippen LogP contribution < -0.4 is 11.1 Å². The summed E-state index contributed by atoms with van der Waals surface area (Å²) in [6.07, 6.45) is -1.83. The predicted octanol–water partition coefficient (Wildman–Crippen LogP) is 0.536. The van der Waals surface area contributed by atoms with Gasteiger partial charge in [-0.05, 0) is 24.7 Å². The van der Waals surface area contributed by atoms with Crippen LogP contribution in [0.1, 0.15) is 11.7 Å². The Labute approximate surface area is 93.7 Å². The van der Waals surface area contributed by atoms with E-state index < -0.39 is 12.2 Å². The highest BCUT2D eigenvalue weighted by Gasteiger charge is 2.17. The lowest BCUT2D eigenvalue weighted by atomic mass is 10.0. The van der Waals surface area contributed by atoms with E-state index in [1.165, 1.54) is 0 Å². The molecule has 4 nitrogen and oxygen atoms in total. The van der Waals surface area contributed by atoms with Crippen LogP contribution >= 0.6 is 11.6 Å². The highest BCUT2D eigenvalue weighted by atomic mass is 35.5. The molecule has 0 fully saturated rings. The minimum Gasteiger partial charge on any atom is -0.398 e. The maximum atomic E-state index is 9.75. The van der Waals surface area contributed by atoms with Crippen molar-refractivity contribution in [3.05, 3.63) is 28.8 Å². The molecule has 5 N–H and O–H groups in total. The number of nitrogens with two attached hydrogens (primary N) is 1. The van der Waals surface area contributed by atoms with Crippen LogP contribution in [0, 0.1) is 0 Å². The van der Waals surface area contributed by atoms with Crippen molar-refractivity contribution >= 4 is 17.3 Å². The average Bonchev–Trinajstić information content (AvgIpc) is 2.21. The summed E-state index contributed by atoms with van der Waals surface area (Å²) in [7, 11) is 1.70. The van der Waals surface area contributed by atoms with Crippen LogP contribution in [0.5, 0.6) is 0 Å². The number of halogens is 1. The van der Waals surface area contributed by atoms with Crippen LogP contribution in [0.3, 0.4) is 0 Å². The molecule has 1 aromatic rings. The Balaban J connectivity index is 2.81. The summed E-state index contributed by atoms with van der Waals surface area (Å²) >= 11 is 5.74. The number of nitrogen functional groups attached to an aromatic ring is 1. The van der Waals surface area contributed by atoms with Crippen LogP contribution in [0.2, 0.25) is 5.02 Å². The summed E-state index contributed by atoms with van der Waals surface area (Å²) in [6.45, 7) is 0.309. The Morgan fingerprint density at radius 3 is 2.67 bits per heavy atom. The maximum Gasteiger partial charge on any atom is 0.106 e. The molecule has 2 atom stereocenters. The van der Waals surface area contributed by atoms with Crippen molar-refractivity contribution in [1.29, 1.82) is 0 Å². The molecular formula is C10H15ClN2O2. The molecule has 0 bridgehead atoms. The lowest BCUT2D eigenvalue weighted by molar-refractivity contribution is 0.0203. The van der Waals surface area contributed by atoms with Gasteiger partial charge in [0.05, 0.1) is 16.8 Å². The standard InChI is InChI=1S/C10H15ClN2O2/c1-13-5-9(14)10(15)6-2-3-7(11)8(12)4-6/h2-4,9-10,13-15H,5,12H2,1H3. The molecule has 5 heteroatoms. The Kier molecular flexibility index (Phi) is 4.35. The van der Waals surface area contributed by atoms with Crippen molar-refractivity contribution in [2.75, 3.05) is 19.3 Å². The largest absolute Gasteiger partial charge is 0.398 e. The quantitative estimate of drug-likeness (QED) is 0.570. The number of anilines is 1. The molecule has 84 valence electrons. The molecule has 1 aromatic carbocycles. The first-order valence-corrected chi connectivity index (χ1v) is 4.99. The fourth-order valence-corrected chi connectivity index (χ4v) is 1.41. The third-order valence-electron chi connectivity index (χ3n) is 2.14. The first kappa shape index (κ1) is 12.3. The van der Waals surface area contributed by atoms with Gasteiger partial charge >= 0.3 is 0 Å². The van der Waals surface area contributed by atoms with E-state index in [1.807, 2.05) is 0 Å². The lowest BCUT2D eigenvalue weighted by Crippen LogP contribution is -2.29. The van der Waals surface area contributed by atoms with Crippen LogP contribution in [0.25, 0.3) is 0 Å². The lowest BCUT2D eigenvalue weighted by Gasteiger charge is -2.18. The zero-order valence-electron chi connectivity index (χ0n) is 8.44. The van der Waals surface area contributed by atoms with Crippen LogP contribution in [-0.2, 0) is 0 Å². The number of aliphatic hydroxyl groups is 2. The Morgan fingerprint density at radius 1 is 1.47 bits per heavy atom. The molecule has 0 saturated carbocycles. The van der Waals surface area contributed by atoms with Crippen molar-refractivity contribution in [1.82, 2.24) is 5.32 Å². The van der Waals surface area contributed by atoms with Gasteiger partial charge < -0.3 is 21.3 Å². The molecule has 0 aliphatic heterocycles. The van der Waals surface area contributed by atoms with E-state index in [9.17, 15) is 10.2 Å². The number of likely N-dealkylation sites (N-methyl/N-ethyl adjacent to an activating group) is 1. The number of hydrogen-bond donors (Lipinski definition) is 4. The zero-order chi connectivity index (χ0) is 11.4. The Morgan fingerprint density at radius 2 is 2.13 bits per heavy atom. The topological polar surface area (TPSA) is 78.5 Å². The van der Waals surface area contributed by atoms with E-state index in [0.29, 0.717) is 22.8 Å².